The zero-order valence-electron chi connectivity index (χ0n) is 19.1. The van der Waals surface area contributed by atoms with Gasteiger partial charge >= 0.3 is 0 Å². The average molecular weight is 448 g/mol. The Morgan fingerprint density at radius 3 is 2.48 bits per heavy atom. The van der Waals surface area contributed by atoms with Gasteiger partial charge in [0.15, 0.2) is 0 Å². The predicted molar refractivity (Wildman–Crippen MR) is 128 cm³/mol. The van der Waals surface area contributed by atoms with Crippen LogP contribution in [0.5, 0.6) is 5.75 Å². The summed E-state index contributed by atoms with van der Waals surface area (Å²) in [5.41, 5.74) is 2.52. The number of hydrogen-bond acceptors (Lipinski definition) is 4. The van der Waals surface area contributed by atoms with Crippen LogP contribution in [0.2, 0.25) is 0 Å². The molecular weight excluding hydrogens is 418 g/mol. The lowest BCUT2D eigenvalue weighted by atomic mass is 9.92. The van der Waals surface area contributed by atoms with Gasteiger partial charge in [-0.3, -0.25) is 14.4 Å². The number of carbonyl (C=O) groups is 3. The molecule has 7 heteroatoms. The van der Waals surface area contributed by atoms with Crippen LogP contribution in [0.1, 0.15) is 55.1 Å². The predicted octanol–water partition coefficient (Wildman–Crippen LogP) is 3.65. The summed E-state index contributed by atoms with van der Waals surface area (Å²) < 4.78 is 0. The molecule has 0 spiro atoms. The first-order valence-corrected chi connectivity index (χ1v) is 11.1. The number of phenolic OH excluding ortho intramolecular Hbond substituents is 1. The first-order chi connectivity index (χ1) is 15.6. The van der Waals surface area contributed by atoms with Gasteiger partial charge < -0.3 is 20.6 Å². The zero-order chi connectivity index (χ0) is 23.8. The van der Waals surface area contributed by atoms with Gasteiger partial charge in [-0.05, 0) is 47.2 Å². The van der Waals surface area contributed by atoms with Crippen molar-refractivity contribution in [2.75, 3.05) is 11.9 Å². The summed E-state index contributed by atoms with van der Waals surface area (Å²) in [4.78, 5) is 40.1. The van der Waals surface area contributed by atoms with Crippen LogP contribution in [0.15, 0.2) is 42.5 Å². The molecule has 172 valence electrons. The van der Waals surface area contributed by atoms with Crippen molar-refractivity contribution in [2.45, 2.75) is 45.7 Å². The molecule has 2 aromatic carbocycles. The van der Waals surface area contributed by atoms with Crippen molar-refractivity contribution in [1.82, 2.24) is 10.2 Å². The summed E-state index contributed by atoms with van der Waals surface area (Å²) in [6, 6.07) is 11.3. The van der Waals surface area contributed by atoms with Crippen LogP contribution < -0.4 is 10.6 Å². The van der Waals surface area contributed by atoms with Crippen LogP contribution in [0, 0.1) is 5.41 Å². The average Bonchev–Trinajstić information content (AvgIpc) is 3.12. The molecule has 3 amide bonds. The molecule has 2 heterocycles. The molecule has 0 radical (unpaired) electrons. The molecule has 1 fully saturated rings. The van der Waals surface area contributed by atoms with E-state index in [2.05, 4.69) is 10.6 Å². The normalized spacial score (nSPS) is 20.3. The van der Waals surface area contributed by atoms with E-state index in [1.165, 1.54) is 0 Å². The van der Waals surface area contributed by atoms with Crippen molar-refractivity contribution >= 4 is 35.6 Å². The van der Waals surface area contributed by atoms with Gasteiger partial charge in [0.05, 0.1) is 11.3 Å². The van der Waals surface area contributed by atoms with Crippen molar-refractivity contribution < 1.29 is 19.5 Å². The molecule has 2 atom stereocenters. The summed E-state index contributed by atoms with van der Waals surface area (Å²) >= 11 is 0. The molecular formula is C26H29N3O4. The van der Waals surface area contributed by atoms with Crippen molar-refractivity contribution in [3.63, 3.8) is 0 Å². The summed E-state index contributed by atoms with van der Waals surface area (Å²) in [5.74, 6) is -0.325. The van der Waals surface area contributed by atoms with Gasteiger partial charge in [-0.2, -0.15) is 0 Å². The maximum absolute atomic E-state index is 13.4. The Balaban J connectivity index is 1.52. The Labute approximate surface area is 193 Å². The molecule has 0 aromatic heterocycles. The number of nitrogens with one attached hydrogen (secondary N) is 2. The van der Waals surface area contributed by atoms with E-state index >= 15 is 0 Å². The fraction of sp³-hybridized carbons (Fsp3) is 0.346. The highest BCUT2D eigenvalue weighted by Crippen LogP contribution is 2.30. The molecule has 2 unspecified atom stereocenters. The second-order valence-corrected chi connectivity index (χ2v) is 9.93. The number of fused-ring (bicyclic) bond motifs is 2. The van der Waals surface area contributed by atoms with Crippen LogP contribution in [0.25, 0.3) is 12.2 Å². The SMILES string of the molecule is CC(C)(C)CC(=O)NC1CC2C(=O)Nc3ccc(C=Cc4ccc(O)cc4)cc3C(=O)N2C1. The van der Waals surface area contributed by atoms with Crippen LogP contribution in [-0.2, 0) is 9.59 Å². The van der Waals surface area contributed by atoms with Crippen molar-refractivity contribution in [3.8, 4) is 5.75 Å². The number of benzene rings is 2. The topological polar surface area (TPSA) is 98.7 Å². The largest absolute Gasteiger partial charge is 0.508 e. The number of hydrogen-bond donors (Lipinski definition) is 3. The Morgan fingerprint density at radius 1 is 1.12 bits per heavy atom. The third kappa shape index (κ3) is 5.25. The van der Waals surface area contributed by atoms with Gasteiger partial charge in [-0.15, -0.1) is 0 Å². The quantitative estimate of drug-likeness (QED) is 0.623. The molecule has 2 aromatic rings. The van der Waals surface area contributed by atoms with Crippen molar-refractivity contribution in [1.29, 1.82) is 0 Å². The minimum absolute atomic E-state index is 0.0694. The fourth-order valence-corrected chi connectivity index (χ4v) is 4.27. The minimum Gasteiger partial charge on any atom is -0.508 e. The minimum atomic E-state index is -0.610. The lowest BCUT2D eigenvalue weighted by Gasteiger charge is -2.21. The van der Waals surface area contributed by atoms with Gasteiger partial charge in [0.25, 0.3) is 5.91 Å². The Hall–Kier alpha value is -3.61. The first kappa shape index (κ1) is 22.6. The Kier molecular flexibility index (Phi) is 5.97. The summed E-state index contributed by atoms with van der Waals surface area (Å²) in [5, 5.41) is 15.3. The van der Waals surface area contributed by atoms with Gasteiger partial charge in [-0.1, -0.05) is 51.1 Å². The summed E-state index contributed by atoms with van der Waals surface area (Å²) in [6.45, 7) is 6.29. The highest BCUT2D eigenvalue weighted by Gasteiger charge is 2.43. The van der Waals surface area contributed by atoms with Gasteiger partial charge in [0.2, 0.25) is 11.8 Å². The van der Waals surface area contributed by atoms with E-state index in [4.69, 9.17) is 0 Å². The van der Waals surface area contributed by atoms with Gasteiger partial charge in [0, 0.05) is 19.0 Å². The summed E-state index contributed by atoms with van der Waals surface area (Å²) in [6.07, 6.45) is 4.55. The number of carbonyl (C=O) groups excluding carboxylic acids is 3. The first-order valence-electron chi connectivity index (χ1n) is 11.1. The van der Waals surface area contributed by atoms with Crippen LogP contribution in [0.3, 0.4) is 0 Å². The molecule has 2 aliphatic heterocycles. The van der Waals surface area contributed by atoms with E-state index < -0.39 is 6.04 Å². The van der Waals surface area contributed by atoms with Crippen LogP contribution in [0.4, 0.5) is 5.69 Å². The van der Waals surface area contributed by atoms with Crippen LogP contribution in [-0.4, -0.2) is 46.4 Å². The molecule has 7 nitrogen and oxygen atoms in total. The molecule has 0 bridgehead atoms. The molecule has 0 saturated carbocycles. The maximum atomic E-state index is 13.4. The molecule has 33 heavy (non-hydrogen) atoms. The molecule has 2 aliphatic rings. The molecule has 3 N–H and O–H groups in total. The molecule has 4 rings (SSSR count). The van der Waals surface area contributed by atoms with E-state index in [0.29, 0.717) is 30.6 Å². The second-order valence-electron chi connectivity index (χ2n) is 9.93. The highest BCUT2D eigenvalue weighted by atomic mass is 16.3. The van der Waals surface area contributed by atoms with Gasteiger partial charge in [-0.25, -0.2) is 0 Å². The molecule has 0 aliphatic carbocycles. The number of phenols is 1. The van der Waals surface area contributed by atoms with E-state index in [9.17, 15) is 19.5 Å². The summed E-state index contributed by atoms with van der Waals surface area (Å²) in [7, 11) is 0. The smallest absolute Gasteiger partial charge is 0.256 e. The van der Waals surface area contributed by atoms with Crippen LogP contribution >= 0.6 is 0 Å². The number of aromatic hydroxyl groups is 1. The standard InChI is InChI=1S/C26H29N3O4/c1-26(2,3)14-23(31)27-18-13-22-24(32)28-21-11-8-17(12-20(21)25(33)29(22)15-18)5-4-16-6-9-19(30)10-7-16/h4-12,18,22,30H,13-15H2,1-3H3,(H,27,31)(H,28,32). The number of amides is 3. The second kappa shape index (κ2) is 8.73. The number of nitrogens with zero attached hydrogens (tertiary/aromatic N) is 1. The Morgan fingerprint density at radius 2 is 1.79 bits per heavy atom. The van der Waals surface area contributed by atoms with E-state index in [-0.39, 0.29) is 34.9 Å². The van der Waals surface area contributed by atoms with Crippen molar-refractivity contribution in [2.24, 2.45) is 5.41 Å². The lowest BCUT2D eigenvalue weighted by molar-refractivity contribution is -0.123. The Bertz CT molecular complexity index is 1120. The van der Waals surface area contributed by atoms with E-state index in [1.807, 2.05) is 39.0 Å². The maximum Gasteiger partial charge on any atom is 0.256 e. The molecule has 1 saturated heterocycles. The van der Waals surface area contributed by atoms with Gasteiger partial charge in [0.1, 0.15) is 11.8 Å². The van der Waals surface area contributed by atoms with Crippen molar-refractivity contribution in [3.05, 3.63) is 59.2 Å². The fourth-order valence-electron chi connectivity index (χ4n) is 4.27. The highest BCUT2D eigenvalue weighted by molar-refractivity contribution is 6.10. The zero-order valence-corrected chi connectivity index (χ0v) is 19.1. The monoisotopic (exact) mass is 447 g/mol. The van der Waals surface area contributed by atoms with E-state index in [0.717, 1.165) is 11.1 Å². The lowest BCUT2D eigenvalue weighted by Crippen LogP contribution is -2.41. The number of anilines is 1. The number of rotatable bonds is 4. The third-order valence-electron chi connectivity index (χ3n) is 5.81. The third-order valence-corrected chi connectivity index (χ3v) is 5.81. The van der Waals surface area contributed by atoms with E-state index in [1.54, 1.807) is 41.3 Å².